The van der Waals surface area contributed by atoms with Crippen molar-refractivity contribution in [1.29, 1.82) is 0 Å². The van der Waals surface area contributed by atoms with Gasteiger partial charge in [-0.05, 0) is 35.6 Å². The van der Waals surface area contributed by atoms with Crippen LogP contribution in [0.2, 0.25) is 0 Å². The number of halogens is 1. The molecule has 0 aliphatic heterocycles. The maximum atomic E-state index is 13.0. The molecule has 0 atom stereocenters. The van der Waals surface area contributed by atoms with Crippen molar-refractivity contribution in [1.82, 2.24) is 10.3 Å². The van der Waals surface area contributed by atoms with Crippen LogP contribution in [-0.2, 0) is 19.4 Å². The Hall–Kier alpha value is -1.74. The molecule has 3 heteroatoms. The molecule has 1 aromatic carbocycles. The number of aromatic nitrogens is 1. The predicted molar refractivity (Wildman–Crippen MR) is 68.7 cm³/mol. The van der Waals surface area contributed by atoms with E-state index in [1.54, 1.807) is 6.20 Å². The first kappa shape index (κ1) is 11.4. The summed E-state index contributed by atoms with van der Waals surface area (Å²) in [5.74, 6) is -0.274. The lowest BCUT2D eigenvalue weighted by molar-refractivity contribution is 0.529. The van der Waals surface area contributed by atoms with E-state index < -0.39 is 0 Å². The summed E-state index contributed by atoms with van der Waals surface area (Å²) in [6.45, 7) is 0.670. The van der Waals surface area contributed by atoms with Gasteiger partial charge in [-0.2, -0.15) is 0 Å². The zero-order chi connectivity index (χ0) is 12.4. The molecule has 3 rings (SSSR count). The molecule has 1 N–H and O–H groups in total. The number of benzene rings is 1. The molecule has 92 valence electrons. The van der Waals surface area contributed by atoms with Gasteiger partial charge in [0.25, 0.3) is 0 Å². The van der Waals surface area contributed by atoms with Crippen molar-refractivity contribution in [3.63, 3.8) is 0 Å². The first-order chi connectivity index (χ1) is 8.81. The molecule has 0 unspecified atom stereocenters. The maximum Gasteiger partial charge on any atom is 0.141 e. The Morgan fingerprint density at radius 3 is 2.56 bits per heavy atom. The van der Waals surface area contributed by atoms with E-state index in [1.165, 1.54) is 23.4 Å². The fourth-order valence-corrected chi connectivity index (χ4v) is 2.52. The largest absolute Gasteiger partial charge is 0.309 e. The summed E-state index contributed by atoms with van der Waals surface area (Å²) in [5, 5.41) is 3.47. The zero-order valence-electron chi connectivity index (χ0n) is 10.1. The molecule has 0 radical (unpaired) electrons. The van der Waals surface area contributed by atoms with Gasteiger partial charge in [-0.1, -0.05) is 24.3 Å². The summed E-state index contributed by atoms with van der Waals surface area (Å²) < 4.78 is 13.0. The second kappa shape index (κ2) is 4.86. The summed E-state index contributed by atoms with van der Waals surface area (Å²) in [7, 11) is 0. The van der Waals surface area contributed by atoms with Gasteiger partial charge in [0.1, 0.15) is 5.82 Å². The van der Waals surface area contributed by atoms with Crippen LogP contribution in [0.25, 0.3) is 0 Å². The molecule has 2 nitrogen and oxygen atoms in total. The van der Waals surface area contributed by atoms with Crippen LogP contribution in [0.15, 0.2) is 42.7 Å². The SMILES string of the molecule is Fc1cncc(CNC2Cc3ccccc3C2)c1. The Labute approximate surface area is 106 Å². The zero-order valence-corrected chi connectivity index (χ0v) is 10.1. The Kier molecular flexibility index (Phi) is 3.07. The minimum Gasteiger partial charge on any atom is -0.309 e. The van der Waals surface area contributed by atoms with Crippen molar-refractivity contribution >= 4 is 0 Å². The molecule has 18 heavy (non-hydrogen) atoms. The van der Waals surface area contributed by atoms with E-state index in [-0.39, 0.29) is 5.82 Å². The molecule has 1 aliphatic rings. The van der Waals surface area contributed by atoms with Crippen LogP contribution in [0.5, 0.6) is 0 Å². The summed E-state index contributed by atoms with van der Waals surface area (Å²) >= 11 is 0. The summed E-state index contributed by atoms with van der Waals surface area (Å²) in [6.07, 6.45) is 5.05. The van der Waals surface area contributed by atoms with E-state index in [1.807, 2.05) is 0 Å². The lowest BCUT2D eigenvalue weighted by atomic mass is 10.1. The summed E-state index contributed by atoms with van der Waals surface area (Å²) in [4.78, 5) is 3.85. The Morgan fingerprint density at radius 1 is 1.17 bits per heavy atom. The third-order valence-corrected chi connectivity index (χ3v) is 3.41. The average molecular weight is 242 g/mol. The highest BCUT2D eigenvalue weighted by molar-refractivity contribution is 5.33. The number of fused-ring (bicyclic) bond motifs is 1. The highest BCUT2D eigenvalue weighted by Gasteiger charge is 2.19. The highest BCUT2D eigenvalue weighted by atomic mass is 19.1. The molecule has 0 fully saturated rings. The van der Waals surface area contributed by atoms with Gasteiger partial charge in [0, 0.05) is 18.8 Å². The molecule has 1 heterocycles. The second-order valence-corrected chi connectivity index (χ2v) is 4.77. The van der Waals surface area contributed by atoms with Gasteiger partial charge in [0.2, 0.25) is 0 Å². The van der Waals surface area contributed by atoms with Gasteiger partial charge in [0.15, 0.2) is 0 Å². The van der Waals surface area contributed by atoms with Gasteiger partial charge in [0.05, 0.1) is 6.20 Å². The second-order valence-electron chi connectivity index (χ2n) is 4.77. The molecule has 0 saturated heterocycles. The monoisotopic (exact) mass is 242 g/mol. The topological polar surface area (TPSA) is 24.9 Å². The molecular weight excluding hydrogens is 227 g/mol. The van der Waals surface area contributed by atoms with Crippen molar-refractivity contribution < 1.29 is 4.39 Å². The lowest BCUT2D eigenvalue weighted by Gasteiger charge is -2.11. The fraction of sp³-hybridized carbons (Fsp3) is 0.267. The normalized spacial score (nSPS) is 14.7. The Bertz CT molecular complexity index is 529. The van der Waals surface area contributed by atoms with E-state index >= 15 is 0 Å². The molecule has 0 saturated carbocycles. The van der Waals surface area contributed by atoms with Gasteiger partial charge >= 0.3 is 0 Å². The molecule has 1 aromatic heterocycles. The van der Waals surface area contributed by atoms with Crippen molar-refractivity contribution in [3.05, 3.63) is 65.2 Å². The van der Waals surface area contributed by atoms with E-state index in [0.717, 1.165) is 18.4 Å². The quantitative estimate of drug-likeness (QED) is 0.894. The smallest absolute Gasteiger partial charge is 0.141 e. The summed E-state index contributed by atoms with van der Waals surface area (Å²) in [6, 6.07) is 10.5. The van der Waals surface area contributed by atoms with Crippen molar-refractivity contribution in [3.8, 4) is 0 Å². The van der Waals surface area contributed by atoms with Crippen LogP contribution in [0.4, 0.5) is 4.39 Å². The Morgan fingerprint density at radius 2 is 1.89 bits per heavy atom. The van der Waals surface area contributed by atoms with Gasteiger partial charge < -0.3 is 5.32 Å². The van der Waals surface area contributed by atoms with Crippen LogP contribution in [0, 0.1) is 5.82 Å². The molecule has 0 amide bonds. The molecule has 0 bridgehead atoms. The van der Waals surface area contributed by atoms with Crippen LogP contribution in [0.1, 0.15) is 16.7 Å². The predicted octanol–water partition coefficient (Wildman–Crippen LogP) is 2.48. The van der Waals surface area contributed by atoms with Crippen molar-refractivity contribution in [2.45, 2.75) is 25.4 Å². The van der Waals surface area contributed by atoms with E-state index in [0.29, 0.717) is 12.6 Å². The molecule has 0 spiro atoms. The minimum atomic E-state index is -0.274. The first-order valence-corrected chi connectivity index (χ1v) is 6.21. The van der Waals surface area contributed by atoms with Crippen LogP contribution >= 0.6 is 0 Å². The van der Waals surface area contributed by atoms with E-state index in [9.17, 15) is 4.39 Å². The fourth-order valence-electron chi connectivity index (χ4n) is 2.52. The number of hydrogen-bond donors (Lipinski definition) is 1. The number of nitrogens with one attached hydrogen (secondary N) is 1. The van der Waals surface area contributed by atoms with Crippen LogP contribution in [-0.4, -0.2) is 11.0 Å². The number of rotatable bonds is 3. The van der Waals surface area contributed by atoms with Gasteiger partial charge in [-0.15, -0.1) is 0 Å². The molecule has 1 aliphatic carbocycles. The number of pyridine rings is 1. The average Bonchev–Trinajstić information content (AvgIpc) is 2.79. The lowest BCUT2D eigenvalue weighted by Crippen LogP contribution is -2.29. The van der Waals surface area contributed by atoms with Gasteiger partial charge in [-0.25, -0.2) is 4.39 Å². The van der Waals surface area contributed by atoms with Crippen molar-refractivity contribution in [2.75, 3.05) is 0 Å². The van der Waals surface area contributed by atoms with Gasteiger partial charge in [-0.3, -0.25) is 4.98 Å². The van der Waals surface area contributed by atoms with E-state index in [4.69, 9.17) is 0 Å². The minimum absolute atomic E-state index is 0.274. The first-order valence-electron chi connectivity index (χ1n) is 6.21. The highest BCUT2D eigenvalue weighted by Crippen LogP contribution is 2.21. The van der Waals surface area contributed by atoms with Crippen LogP contribution in [0.3, 0.4) is 0 Å². The standard InChI is InChI=1S/C15H15FN2/c16-14-5-11(8-17-10-14)9-18-15-6-12-3-1-2-4-13(12)7-15/h1-5,8,10,15,18H,6-7,9H2. The maximum absolute atomic E-state index is 13.0. The number of hydrogen-bond acceptors (Lipinski definition) is 2. The Balaban J connectivity index is 1.60. The molecule has 2 aromatic rings. The number of nitrogens with zero attached hydrogens (tertiary/aromatic N) is 1. The van der Waals surface area contributed by atoms with Crippen LogP contribution < -0.4 is 5.32 Å². The molecular formula is C15H15FN2. The van der Waals surface area contributed by atoms with E-state index in [2.05, 4.69) is 34.6 Å². The van der Waals surface area contributed by atoms with Crippen molar-refractivity contribution in [2.24, 2.45) is 0 Å². The summed E-state index contributed by atoms with van der Waals surface area (Å²) in [5.41, 5.74) is 3.74. The third-order valence-electron chi connectivity index (χ3n) is 3.41. The third kappa shape index (κ3) is 2.41.